The van der Waals surface area contributed by atoms with E-state index in [-0.39, 0.29) is 5.54 Å². The normalized spacial score (nSPS) is 48.0. The summed E-state index contributed by atoms with van der Waals surface area (Å²) in [4.78, 5) is 0. The molecular formula is C21H37N. The summed E-state index contributed by atoms with van der Waals surface area (Å²) in [6, 6.07) is 0. The smallest absolute Gasteiger partial charge is 0.0167 e. The van der Waals surface area contributed by atoms with Gasteiger partial charge in [0, 0.05) is 5.54 Å². The van der Waals surface area contributed by atoms with Crippen molar-refractivity contribution in [3.8, 4) is 0 Å². The molecule has 0 radical (unpaired) electrons. The Balaban J connectivity index is 1.58. The Kier molecular flexibility index (Phi) is 3.87. The molecule has 0 aromatic rings. The van der Waals surface area contributed by atoms with Crippen molar-refractivity contribution in [3.63, 3.8) is 0 Å². The lowest BCUT2D eigenvalue weighted by atomic mass is 9.38. The molecule has 0 aromatic heterocycles. The van der Waals surface area contributed by atoms with Crippen molar-refractivity contribution in [1.29, 1.82) is 0 Å². The van der Waals surface area contributed by atoms with E-state index in [1.165, 1.54) is 83.5 Å². The molecule has 2 N–H and O–H groups in total. The van der Waals surface area contributed by atoms with Crippen molar-refractivity contribution in [2.45, 2.75) is 109 Å². The van der Waals surface area contributed by atoms with Gasteiger partial charge in [-0.05, 0) is 80.5 Å². The van der Waals surface area contributed by atoms with Crippen LogP contribution in [0, 0.1) is 22.7 Å². The Bertz CT molecular complexity index is 412. The van der Waals surface area contributed by atoms with E-state index in [0.29, 0.717) is 10.8 Å². The molecule has 5 rings (SSSR count). The zero-order valence-corrected chi connectivity index (χ0v) is 14.8. The molecule has 4 atom stereocenters. The zero-order valence-electron chi connectivity index (χ0n) is 14.8. The monoisotopic (exact) mass is 303 g/mol. The molecule has 0 aromatic carbocycles. The Morgan fingerprint density at radius 2 is 1.73 bits per heavy atom. The van der Waals surface area contributed by atoms with Crippen LogP contribution in [0.2, 0.25) is 0 Å². The van der Waals surface area contributed by atoms with Crippen LogP contribution >= 0.6 is 0 Å². The predicted octanol–water partition coefficient (Wildman–Crippen LogP) is 5.81. The average Bonchev–Trinajstić information content (AvgIpc) is 2.46. The fourth-order valence-corrected chi connectivity index (χ4v) is 7.99. The van der Waals surface area contributed by atoms with Crippen molar-refractivity contribution < 1.29 is 0 Å². The zero-order chi connectivity index (χ0) is 15.3. The van der Waals surface area contributed by atoms with Gasteiger partial charge in [0.1, 0.15) is 0 Å². The molecule has 0 heterocycles. The van der Waals surface area contributed by atoms with E-state index in [1.54, 1.807) is 12.8 Å². The summed E-state index contributed by atoms with van der Waals surface area (Å²) >= 11 is 0. The molecule has 1 nitrogen and oxygen atoms in total. The maximum atomic E-state index is 7.00. The minimum atomic E-state index is 0.225. The first-order chi connectivity index (χ1) is 10.6. The van der Waals surface area contributed by atoms with E-state index in [9.17, 15) is 0 Å². The van der Waals surface area contributed by atoms with Gasteiger partial charge in [0.25, 0.3) is 0 Å². The van der Waals surface area contributed by atoms with Gasteiger partial charge in [-0.3, -0.25) is 0 Å². The summed E-state index contributed by atoms with van der Waals surface area (Å²) in [7, 11) is 0. The molecular weight excluding hydrogens is 266 g/mol. The molecule has 126 valence electrons. The van der Waals surface area contributed by atoms with E-state index in [2.05, 4.69) is 6.92 Å². The molecule has 22 heavy (non-hydrogen) atoms. The molecule has 0 spiro atoms. The van der Waals surface area contributed by atoms with Crippen molar-refractivity contribution in [2.24, 2.45) is 28.4 Å². The second kappa shape index (κ2) is 5.50. The van der Waals surface area contributed by atoms with Crippen molar-refractivity contribution in [2.75, 3.05) is 0 Å². The lowest BCUT2D eigenvalue weighted by molar-refractivity contribution is -0.154. The third-order valence-electron chi connectivity index (χ3n) is 8.05. The SMILES string of the molecule is CCCCCC12CC3CC(N)(C1)CC(C1CCCCC1)(C3)C2. The summed E-state index contributed by atoms with van der Waals surface area (Å²) in [5, 5.41) is 0. The van der Waals surface area contributed by atoms with Crippen molar-refractivity contribution in [1.82, 2.24) is 0 Å². The standard InChI is InChI=1S/C21H37N/c1-2-3-7-10-19-11-17-12-20(14-19,16-21(22,13-17)15-19)18-8-5-4-6-9-18/h17-18H,2-16,22H2,1H3. The van der Waals surface area contributed by atoms with Gasteiger partial charge in [0.05, 0.1) is 0 Å². The van der Waals surface area contributed by atoms with Gasteiger partial charge in [-0.25, -0.2) is 0 Å². The van der Waals surface area contributed by atoms with E-state index >= 15 is 0 Å². The van der Waals surface area contributed by atoms with Gasteiger partial charge in [0.15, 0.2) is 0 Å². The number of rotatable bonds is 5. The number of hydrogen-bond donors (Lipinski definition) is 1. The molecule has 0 aliphatic heterocycles. The largest absolute Gasteiger partial charge is 0.325 e. The number of nitrogens with two attached hydrogens (primary N) is 1. The Labute approximate surface area is 137 Å². The molecule has 4 unspecified atom stereocenters. The van der Waals surface area contributed by atoms with Gasteiger partial charge in [-0.2, -0.15) is 0 Å². The van der Waals surface area contributed by atoms with Crippen LogP contribution in [0.15, 0.2) is 0 Å². The van der Waals surface area contributed by atoms with Crippen LogP contribution in [0.4, 0.5) is 0 Å². The van der Waals surface area contributed by atoms with E-state index < -0.39 is 0 Å². The quantitative estimate of drug-likeness (QED) is 0.637. The number of unbranched alkanes of at least 4 members (excludes halogenated alkanes) is 2. The minimum absolute atomic E-state index is 0.225. The second-order valence-corrected chi connectivity index (χ2v) is 10.0. The van der Waals surface area contributed by atoms with Gasteiger partial charge < -0.3 is 5.73 Å². The molecule has 5 aliphatic carbocycles. The van der Waals surface area contributed by atoms with Crippen LogP contribution in [0.25, 0.3) is 0 Å². The predicted molar refractivity (Wildman–Crippen MR) is 93.7 cm³/mol. The van der Waals surface area contributed by atoms with Crippen LogP contribution in [0.3, 0.4) is 0 Å². The maximum Gasteiger partial charge on any atom is 0.0167 e. The van der Waals surface area contributed by atoms with Gasteiger partial charge >= 0.3 is 0 Å². The molecule has 1 heteroatoms. The highest BCUT2D eigenvalue weighted by molar-refractivity contribution is 5.16. The van der Waals surface area contributed by atoms with Crippen LogP contribution in [0.5, 0.6) is 0 Å². The summed E-state index contributed by atoms with van der Waals surface area (Å²) in [6.45, 7) is 2.34. The highest BCUT2D eigenvalue weighted by Crippen LogP contribution is 2.70. The number of hydrogen-bond acceptors (Lipinski definition) is 1. The lowest BCUT2D eigenvalue weighted by Gasteiger charge is -2.68. The first-order valence-corrected chi connectivity index (χ1v) is 10.4. The van der Waals surface area contributed by atoms with E-state index in [0.717, 1.165) is 11.8 Å². The average molecular weight is 304 g/mol. The first kappa shape index (κ1) is 15.5. The molecule has 5 fully saturated rings. The first-order valence-electron chi connectivity index (χ1n) is 10.4. The van der Waals surface area contributed by atoms with Gasteiger partial charge in [-0.1, -0.05) is 45.4 Å². The molecule has 4 bridgehead atoms. The third-order valence-corrected chi connectivity index (χ3v) is 8.05. The van der Waals surface area contributed by atoms with E-state index in [1.807, 2.05) is 0 Å². The summed E-state index contributed by atoms with van der Waals surface area (Å²) in [5.74, 6) is 2.00. The summed E-state index contributed by atoms with van der Waals surface area (Å²) in [5.41, 5.74) is 8.55. The summed E-state index contributed by atoms with van der Waals surface area (Å²) < 4.78 is 0. The van der Waals surface area contributed by atoms with Crippen LogP contribution in [-0.2, 0) is 0 Å². The van der Waals surface area contributed by atoms with Crippen molar-refractivity contribution in [3.05, 3.63) is 0 Å². The Morgan fingerprint density at radius 1 is 0.909 bits per heavy atom. The van der Waals surface area contributed by atoms with Gasteiger partial charge in [-0.15, -0.1) is 0 Å². The van der Waals surface area contributed by atoms with Crippen molar-refractivity contribution >= 4 is 0 Å². The Hall–Kier alpha value is -0.0400. The third kappa shape index (κ3) is 2.56. The molecule has 5 saturated carbocycles. The lowest BCUT2D eigenvalue weighted by Crippen LogP contribution is -2.65. The second-order valence-electron chi connectivity index (χ2n) is 10.0. The van der Waals surface area contributed by atoms with Crippen LogP contribution in [-0.4, -0.2) is 5.54 Å². The van der Waals surface area contributed by atoms with Crippen LogP contribution < -0.4 is 5.73 Å². The minimum Gasteiger partial charge on any atom is -0.325 e. The molecule has 0 saturated heterocycles. The topological polar surface area (TPSA) is 26.0 Å². The van der Waals surface area contributed by atoms with Gasteiger partial charge in [0.2, 0.25) is 0 Å². The van der Waals surface area contributed by atoms with E-state index in [4.69, 9.17) is 5.73 Å². The Morgan fingerprint density at radius 3 is 2.45 bits per heavy atom. The molecule has 5 aliphatic rings. The molecule has 0 amide bonds. The highest BCUT2D eigenvalue weighted by Gasteiger charge is 2.63. The summed E-state index contributed by atoms with van der Waals surface area (Å²) in [6.07, 6.45) is 22.0. The maximum absolute atomic E-state index is 7.00. The fraction of sp³-hybridized carbons (Fsp3) is 1.00. The van der Waals surface area contributed by atoms with Crippen LogP contribution in [0.1, 0.15) is 103 Å². The highest BCUT2D eigenvalue weighted by atomic mass is 14.8. The fourth-order valence-electron chi connectivity index (χ4n) is 7.99.